The number of aromatic nitrogens is 2. The molecule has 3 rings (SSSR count). The highest BCUT2D eigenvalue weighted by Gasteiger charge is 2.14. The third kappa shape index (κ3) is 4.21. The summed E-state index contributed by atoms with van der Waals surface area (Å²) in [5.74, 6) is 0.145. The number of hydrogen-bond acceptors (Lipinski definition) is 5. The maximum absolute atomic E-state index is 12.7. The molecular formula is C20H18N2O3S. The van der Waals surface area contributed by atoms with E-state index in [1.54, 1.807) is 18.2 Å². The first kappa shape index (κ1) is 17.9. The maximum Gasteiger partial charge on any atom is 0.325 e. The van der Waals surface area contributed by atoms with E-state index in [1.807, 2.05) is 48.6 Å². The molecule has 26 heavy (non-hydrogen) atoms. The number of methoxy groups -OCH3 is 1. The van der Waals surface area contributed by atoms with Gasteiger partial charge in [-0.2, -0.15) is 0 Å². The normalized spacial score (nSPS) is 11.1. The Hall–Kier alpha value is -2.86. The lowest BCUT2D eigenvalue weighted by atomic mass is 10.2. The Morgan fingerprint density at radius 2 is 1.88 bits per heavy atom. The Bertz CT molecular complexity index is 997. The summed E-state index contributed by atoms with van der Waals surface area (Å²) in [6.07, 6.45) is 4.01. The minimum atomic E-state index is -0.481. The van der Waals surface area contributed by atoms with E-state index in [1.165, 1.54) is 23.4 Å². The van der Waals surface area contributed by atoms with Gasteiger partial charge in [-0.1, -0.05) is 66.4 Å². The van der Waals surface area contributed by atoms with Crippen molar-refractivity contribution in [3.8, 4) is 0 Å². The van der Waals surface area contributed by atoms with Gasteiger partial charge in [0.1, 0.15) is 6.54 Å². The smallest absolute Gasteiger partial charge is 0.325 e. The van der Waals surface area contributed by atoms with E-state index in [-0.39, 0.29) is 12.1 Å². The van der Waals surface area contributed by atoms with E-state index < -0.39 is 5.97 Å². The van der Waals surface area contributed by atoms with Crippen molar-refractivity contribution in [1.29, 1.82) is 0 Å². The Labute approximate surface area is 155 Å². The quantitative estimate of drug-likeness (QED) is 0.380. The molecule has 0 aliphatic carbocycles. The van der Waals surface area contributed by atoms with E-state index >= 15 is 0 Å². The van der Waals surface area contributed by atoms with Crippen molar-refractivity contribution < 1.29 is 9.53 Å². The number of ether oxygens (including phenoxy) is 1. The van der Waals surface area contributed by atoms with Crippen LogP contribution < -0.4 is 5.56 Å². The first-order valence-corrected chi connectivity index (χ1v) is 9.08. The molecule has 0 saturated carbocycles. The number of hydrogen-bond donors (Lipinski definition) is 0. The number of rotatable bonds is 6. The molecule has 0 spiro atoms. The first-order chi connectivity index (χ1) is 12.7. The summed E-state index contributed by atoms with van der Waals surface area (Å²) < 4.78 is 6.08. The van der Waals surface area contributed by atoms with Gasteiger partial charge in [0.25, 0.3) is 5.56 Å². The van der Waals surface area contributed by atoms with Crippen LogP contribution in [0.5, 0.6) is 0 Å². The molecule has 5 nitrogen and oxygen atoms in total. The van der Waals surface area contributed by atoms with Gasteiger partial charge in [0.2, 0.25) is 0 Å². The molecule has 3 aromatic rings. The van der Waals surface area contributed by atoms with Crippen LogP contribution in [0.4, 0.5) is 0 Å². The van der Waals surface area contributed by atoms with E-state index in [4.69, 9.17) is 4.74 Å². The van der Waals surface area contributed by atoms with E-state index in [0.29, 0.717) is 21.8 Å². The highest BCUT2D eigenvalue weighted by atomic mass is 32.2. The Kier molecular flexibility index (Phi) is 5.86. The lowest BCUT2D eigenvalue weighted by Crippen LogP contribution is -2.27. The molecule has 1 heterocycles. The fraction of sp³-hybridized carbons (Fsp3) is 0.150. The van der Waals surface area contributed by atoms with Gasteiger partial charge in [0.05, 0.1) is 18.0 Å². The zero-order valence-electron chi connectivity index (χ0n) is 14.3. The summed E-state index contributed by atoms with van der Waals surface area (Å²) in [7, 11) is 1.30. The van der Waals surface area contributed by atoms with Crippen molar-refractivity contribution in [2.45, 2.75) is 11.7 Å². The number of thioether (sulfide) groups is 1. The van der Waals surface area contributed by atoms with Crippen LogP contribution in [0, 0.1) is 0 Å². The molecule has 0 aliphatic heterocycles. The summed E-state index contributed by atoms with van der Waals surface area (Å²) >= 11 is 1.41. The molecule has 132 valence electrons. The van der Waals surface area contributed by atoms with Gasteiger partial charge in [-0.05, 0) is 17.7 Å². The van der Waals surface area contributed by atoms with Crippen LogP contribution >= 0.6 is 11.8 Å². The van der Waals surface area contributed by atoms with Gasteiger partial charge in [-0.25, -0.2) is 4.98 Å². The lowest BCUT2D eigenvalue weighted by molar-refractivity contribution is -0.141. The summed E-state index contributed by atoms with van der Waals surface area (Å²) in [5.41, 5.74) is 1.48. The van der Waals surface area contributed by atoms with Crippen molar-refractivity contribution in [3.05, 3.63) is 76.6 Å². The molecule has 2 aromatic carbocycles. The second kappa shape index (κ2) is 8.49. The number of fused-ring (bicyclic) bond motifs is 1. The molecule has 0 amide bonds. The van der Waals surface area contributed by atoms with Gasteiger partial charge in [-0.3, -0.25) is 14.2 Å². The molecular weight excluding hydrogens is 348 g/mol. The zero-order chi connectivity index (χ0) is 18.4. The number of nitrogens with zero attached hydrogens (tertiary/aromatic N) is 2. The number of carbonyl (C=O) groups excluding carboxylic acids is 1. The molecule has 0 unspecified atom stereocenters. The Morgan fingerprint density at radius 1 is 1.15 bits per heavy atom. The van der Waals surface area contributed by atoms with Crippen LogP contribution in [0.3, 0.4) is 0 Å². The predicted octanol–water partition coefficient (Wildman–Crippen LogP) is 3.38. The van der Waals surface area contributed by atoms with Gasteiger partial charge < -0.3 is 4.74 Å². The Balaban J connectivity index is 1.87. The second-order valence-corrected chi connectivity index (χ2v) is 6.49. The van der Waals surface area contributed by atoms with Crippen LogP contribution in [0.15, 0.2) is 70.6 Å². The van der Waals surface area contributed by atoms with E-state index in [2.05, 4.69) is 4.98 Å². The van der Waals surface area contributed by atoms with Crippen LogP contribution in [0.2, 0.25) is 0 Å². The van der Waals surface area contributed by atoms with Gasteiger partial charge in [0.15, 0.2) is 5.16 Å². The van der Waals surface area contributed by atoms with Crippen molar-refractivity contribution in [1.82, 2.24) is 9.55 Å². The van der Waals surface area contributed by atoms with Gasteiger partial charge >= 0.3 is 5.97 Å². The van der Waals surface area contributed by atoms with Crippen molar-refractivity contribution in [2.24, 2.45) is 0 Å². The highest BCUT2D eigenvalue weighted by molar-refractivity contribution is 7.99. The topological polar surface area (TPSA) is 61.2 Å². The fourth-order valence-electron chi connectivity index (χ4n) is 2.46. The molecule has 0 bridgehead atoms. The number of carbonyl (C=O) groups is 1. The summed E-state index contributed by atoms with van der Waals surface area (Å²) in [6, 6.07) is 17.1. The third-order valence-corrected chi connectivity index (χ3v) is 4.69. The van der Waals surface area contributed by atoms with Crippen LogP contribution in [0.25, 0.3) is 17.0 Å². The van der Waals surface area contributed by atoms with Crippen molar-refractivity contribution in [3.63, 3.8) is 0 Å². The molecule has 0 aliphatic rings. The molecule has 6 heteroatoms. The van der Waals surface area contributed by atoms with Crippen molar-refractivity contribution >= 4 is 34.7 Å². The number of esters is 1. The van der Waals surface area contributed by atoms with Crippen LogP contribution in [-0.2, 0) is 16.1 Å². The van der Waals surface area contributed by atoms with Gasteiger partial charge in [-0.15, -0.1) is 0 Å². The molecule has 1 aromatic heterocycles. The zero-order valence-corrected chi connectivity index (χ0v) is 15.1. The van der Waals surface area contributed by atoms with Crippen LogP contribution in [-0.4, -0.2) is 28.4 Å². The van der Waals surface area contributed by atoms with Gasteiger partial charge in [0, 0.05) is 5.75 Å². The van der Waals surface area contributed by atoms with Crippen LogP contribution in [0.1, 0.15) is 5.56 Å². The molecule has 0 saturated heterocycles. The van der Waals surface area contributed by atoms with E-state index in [0.717, 1.165) is 5.56 Å². The molecule has 0 radical (unpaired) electrons. The molecule has 0 atom stereocenters. The second-order valence-electron chi connectivity index (χ2n) is 5.50. The predicted molar refractivity (Wildman–Crippen MR) is 104 cm³/mol. The SMILES string of the molecule is COC(=O)Cn1c(SC/C=C/c2ccccc2)nc2ccccc2c1=O. The van der Waals surface area contributed by atoms with Crippen molar-refractivity contribution in [2.75, 3.05) is 12.9 Å². The number of para-hydroxylation sites is 1. The van der Waals surface area contributed by atoms with E-state index in [9.17, 15) is 9.59 Å². The largest absolute Gasteiger partial charge is 0.468 e. The maximum atomic E-state index is 12.7. The minimum absolute atomic E-state index is 0.155. The molecule has 0 N–H and O–H groups in total. The first-order valence-electron chi connectivity index (χ1n) is 8.10. The highest BCUT2D eigenvalue weighted by Crippen LogP contribution is 2.18. The summed E-state index contributed by atoms with van der Waals surface area (Å²) in [5, 5.41) is 0.984. The summed E-state index contributed by atoms with van der Waals surface area (Å²) in [6.45, 7) is -0.155. The fourth-order valence-corrected chi connectivity index (χ4v) is 3.27. The average molecular weight is 366 g/mol. The monoisotopic (exact) mass is 366 g/mol. The standard InChI is InChI=1S/C20H18N2O3S/c1-25-18(23)14-22-19(24)16-11-5-6-12-17(16)21-20(22)26-13-7-10-15-8-3-2-4-9-15/h2-12H,13-14H2,1H3/b10-7+. The number of benzene rings is 2. The Morgan fingerprint density at radius 3 is 2.65 bits per heavy atom. The minimum Gasteiger partial charge on any atom is -0.468 e. The third-order valence-electron chi connectivity index (χ3n) is 3.76. The lowest BCUT2D eigenvalue weighted by Gasteiger charge is -2.11. The summed E-state index contributed by atoms with van der Waals surface area (Å²) in [4.78, 5) is 29.0. The average Bonchev–Trinajstić information content (AvgIpc) is 2.68. The molecule has 0 fully saturated rings.